The molecule has 0 atom stereocenters. The summed E-state index contributed by atoms with van der Waals surface area (Å²) in [5, 5.41) is 17.0. The Morgan fingerprint density at radius 3 is 2.22 bits per heavy atom. The predicted octanol–water partition coefficient (Wildman–Crippen LogP) is 5.57. The van der Waals surface area contributed by atoms with Crippen molar-refractivity contribution in [2.75, 3.05) is 0 Å². The van der Waals surface area contributed by atoms with Gasteiger partial charge < -0.3 is 20.7 Å². The van der Waals surface area contributed by atoms with Gasteiger partial charge in [-0.1, -0.05) is 84.0 Å². The Labute approximate surface area is 210 Å². The topological polar surface area (TPSA) is 101 Å². The van der Waals surface area contributed by atoms with Gasteiger partial charge >= 0.3 is 5.97 Å². The normalized spacial score (nSPS) is 14.4. The van der Waals surface area contributed by atoms with Crippen molar-refractivity contribution in [3.63, 3.8) is 0 Å². The number of aryl methyl sites for hydroxylation is 1. The van der Waals surface area contributed by atoms with E-state index < -0.39 is 11.4 Å². The minimum atomic E-state index is -0.736. The first-order valence-corrected chi connectivity index (χ1v) is 12.1. The quantitative estimate of drug-likeness (QED) is 0.290. The Morgan fingerprint density at radius 2 is 1.61 bits per heavy atom. The van der Waals surface area contributed by atoms with E-state index in [1.165, 1.54) is 5.56 Å². The van der Waals surface area contributed by atoms with Gasteiger partial charge in [0, 0.05) is 36.0 Å². The number of carbonyl (C=O) groups is 1. The van der Waals surface area contributed by atoms with Crippen LogP contribution in [-0.2, 0) is 23.2 Å². The molecule has 6 heteroatoms. The van der Waals surface area contributed by atoms with E-state index in [2.05, 4.69) is 22.6 Å². The SMILES string of the molecule is Cc1noc(-c2ccc(-c3ccc(C4(C(=O)O)CC4)cc3)cc2)c1C/C(N)=C/NCc1ccccc1. The van der Waals surface area contributed by atoms with Crippen LogP contribution in [-0.4, -0.2) is 16.2 Å². The minimum Gasteiger partial charge on any atom is -0.481 e. The molecule has 1 heterocycles. The molecule has 1 fully saturated rings. The van der Waals surface area contributed by atoms with Gasteiger partial charge in [-0.15, -0.1) is 0 Å². The molecule has 3 aromatic carbocycles. The molecule has 0 aliphatic heterocycles. The molecule has 0 amide bonds. The summed E-state index contributed by atoms with van der Waals surface area (Å²) in [4.78, 5) is 11.6. The molecule has 0 radical (unpaired) electrons. The second-order valence-electron chi connectivity index (χ2n) is 9.38. The number of carboxylic acids is 1. The molecule has 5 rings (SSSR count). The monoisotopic (exact) mass is 479 g/mol. The van der Waals surface area contributed by atoms with Crippen LogP contribution in [0, 0.1) is 6.92 Å². The molecule has 0 spiro atoms. The van der Waals surface area contributed by atoms with E-state index in [9.17, 15) is 9.90 Å². The van der Waals surface area contributed by atoms with E-state index in [0.717, 1.165) is 33.5 Å². The smallest absolute Gasteiger partial charge is 0.314 e. The van der Waals surface area contributed by atoms with Crippen LogP contribution in [0.5, 0.6) is 0 Å². The first-order chi connectivity index (χ1) is 17.5. The lowest BCUT2D eigenvalue weighted by molar-refractivity contribution is -0.140. The Kier molecular flexibility index (Phi) is 6.34. The van der Waals surface area contributed by atoms with Crippen LogP contribution in [0.3, 0.4) is 0 Å². The third-order valence-corrected chi connectivity index (χ3v) is 6.88. The molecular weight excluding hydrogens is 450 g/mol. The number of aliphatic carboxylic acids is 1. The van der Waals surface area contributed by atoms with Gasteiger partial charge in [0.25, 0.3) is 0 Å². The van der Waals surface area contributed by atoms with Gasteiger partial charge in [0.15, 0.2) is 5.76 Å². The molecule has 1 saturated carbocycles. The van der Waals surface area contributed by atoms with Gasteiger partial charge in [-0.2, -0.15) is 0 Å². The molecule has 0 bridgehead atoms. The zero-order valence-electron chi connectivity index (χ0n) is 20.2. The van der Waals surface area contributed by atoms with Crippen molar-refractivity contribution >= 4 is 5.97 Å². The van der Waals surface area contributed by atoms with E-state index in [1.807, 2.05) is 79.9 Å². The molecule has 1 aliphatic rings. The van der Waals surface area contributed by atoms with E-state index in [-0.39, 0.29) is 0 Å². The number of aromatic nitrogens is 1. The highest BCUT2D eigenvalue weighted by Gasteiger charge is 2.51. The number of allylic oxidation sites excluding steroid dienone is 1. The van der Waals surface area contributed by atoms with Crippen molar-refractivity contribution in [2.45, 2.75) is 38.1 Å². The van der Waals surface area contributed by atoms with Crippen molar-refractivity contribution in [1.29, 1.82) is 0 Å². The maximum atomic E-state index is 11.6. The maximum absolute atomic E-state index is 11.6. The number of rotatable bonds is 9. The number of nitrogens with two attached hydrogens (primary N) is 1. The molecule has 182 valence electrons. The number of nitrogens with one attached hydrogen (secondary N) is 1. The highest BCUT2D eigenvalue weighted by atomic mass is 16.5. The zero-order valence-corrected chi connectivity index (χ0v) is 20.2. The Morgan fingerprint density at radius 1 is 1.00 bits per heavy atom. The molecule has 4 aromatic rings. The molecule has 4 N–H and O–H groups in total. The number of carboxylic acid groups (broad SMARTS) is 1. The van der Waals surface area contributed by atoms with E-state index in [4.69, 9.17) is 10.3 Å². The first-order valence-electron chi connectivity index (χ1n) is 12.1. The van der Waals surface area contributed by atoms with Gasteiger partial charge in [0.05, 0.1) is 11.1 Å². The van der Waals surface area contributed by atoms with Gasteiger partial charge in [-0.25, -0.2) is 0 Å². The summed E-state index contributed by atoms with van der Waals surface area (Å²) < 4.78 is 5.68. The van der Waals surface area contributed by atoms with Crippen molar-refractivity contribution in [3.05, 3.63) is 113 Å². The number of hydrogen-bond acceptors (Lipinski definition) is 5. The Bertz CT molecular complexity index is 1380. The highest BCUT2D eigenvalue weighted by Crippen LogP contribution is 2.48. The summed E-state index contributed by atoms with van der Waals surface area (Å²) >= 11 is 0. The van der Waals surface area contributed by atoms with Gasteiger partial charge in [0.1, 0.15) is 0 Å². The maximum Gasteiger partial charge on any atom is 0.314 e. The van der Waals surface area contributed by atoms with Crippen molar-refractivity contribution in [3.8, 4) is 22.5 Å². The second-order valence-corrected chi connectivity index (χ2v) is 9.38. The lowest BCUT2D eigenvalue weighted by Crippen LogP contribution is -2.19. The largest absolute Gasteiger partial charge is 0.481 e. The summed E-state index contributed by atoms with van der Waals surface area (Å²) in [6, 6.07) is 26.1. The molecule has 0 saturated heterocycles. The van der Waals surface area contributed by atoms with Crippen LogP contribution in [0.1, 0.15) is 35.2 Å². The number of benzene rings is 3. The third kappa shape index (κ3) is 4.75. The minimum absolute atomic E-state index is 0.529. The predicted molar refractivity (Wildman–Crippen MR) is 140 cm³/mol. The molecule has 1 aliphatic carbocycles. The Balaban J connectivity index is 1.28. The summed E-state index contributed by atoms with van der Waals surface area (Å²) in [6.07, 6.45) is 3.78. The van der Waals surface area contributed by atoms with Gasteiger partial charge in [-0.05, 0) is 42.0 Å². The number of hydrogen-bond donors (Lipinski definition) is 3. The fourth-order valence-electron chi connectivity index (χ4n) is 4.52. The lowest BCUT2D eigenvalue weighted by Gasteiger charge is -2.11. The summed E-state index contributed by atoms with van der Waals surface area (Å²) in [5.74, 6) is -0.0221. The summed E-state index contributed by atoms with van der Waals surface area (Å²) in [7, 11) is 0. The average Bonchev–Trinajstić information content (AvgIpc) is 3.64. The van der Waals surface area contributed by atoms with Crippen LogP contribution < -0.4 is 11.1 Å². The number of nitrogens with zero attached hydrogens (tertiary/aromatic N) is 1. The van der Waals surface area contributed by atoms with Crippen molar-refractivity contribution in [2.24, 2.45) is 5.73 Å². The van der Waals surface area contributed by atoms with Crippen LogP contribution in [0.25, 0.3) is 22.5 Å². The van der Waals surface area contributed by atoms with E-state index >= 15 is 0 Å². The van der Waals surface area contributed by atoms with Crippen LogP contribution in [0.4, 0.5) is 0 Å². The summed E-state index contributed by atoms with van der Waals surface area (Å²) in [6.45, 7) is 2.63. The summed E-state index contributed by atoms with van der Waals surface area (Å²) in [5.41, 5.74) is 13.2. The fraction of sp³-hybridized carbons (Fsp3) is 0.200. The van der Waals surface area contributed by atoms with Crippen LogP contribution in [0.15, 0.2) is 95.3 Å². The lowest BCUT2D eigenvalue weighted by atomic mass is 9.93. The van der Waals surface area contributed by atoms with E-state index in [0.29, 0.717) is 37.3 Å². The van der Waals surface area contributed by atoms with Crippen molar-refractivity contribution < 1.29 is 14.4 Å². The van der Waals surface area contributed by atoms with E-state index in [1.54, 1.807) is 0 Å². The molecular formula is C30H29N3O3. The van der Waals surface area contributed by atoms with Crippen molar-refractivity contribution in [1.82, 2.24) is 10.5 Å². The fourth-order valence-corrected chi connectivity index (χ4v) is 4.52. The van der Waals surface area contributed by atoms with Gasteiger partial charge in [-0.3, -0.25) is 4.79 Å². The zero-order chi connectivity index (χ0) is 25.1. The molecule has 1 aromatic heterocycles. The highest BCUT2D eigenvalue weighted by molar-refractivity contribution is 5.85. The molecule has 6 nitrogen and oxygen atoms in total. The van der Waals surface area contributed by atoms with Crippen LogP contribution >= 0.6 is 0 Å². The van der Waals surface area contributed by atoms with Gasteiger partial charge in [0.2, 0.25) is 0 Å². The average molecular weight is 480 g/mol. The Hall–Kier alpha value is -4.32. The second kappa shape index (κ2) is 9.74. The molecule has 0 unspecified atom stereocenters. The first kappa shape index (κ1) is 23.4. The van der Waals surface area contributed by atoms with Crippen LogP contribution in [0.2, 0.25) is 0 Å². The third-order valence-electron chi connectivity index (χ3n) is 6.88. The standard InChI is InChI=1S/C30H29N3O3/c1-20-27(17-26(31)19-32-18-21-5-3-2-4-6-21)28(36-33-20)24-9-7-22(8-10-24)23-11-13-25(14-12-23)30(15-16-30)29(34)35/h2-14,19,32H,15-18,31H2,1H3,(H,34,35)/b26-19-. The molecule has 36 heavy (non-hydrogen) atoms.